The van der Waals surface area contributed by atoms with E-state index in [0.29, 0.717) is 0 Å². The maximum Gasteiger partial charge on any atom is 0.308 e. The topological polar surface area (TPSA) is 84.5 Å². The van der Waals surface area contributed by atoms with Gasteiger partial charge in [-0.2, -0.15) is 0 Å². The minimum atomic E-state index is -0.902. The molecule has 2 amide bonds. The highest BCUT2D eigenvalue weighted by Gasteiger charge is 2.21. The van der Waals surface area contributed by atoms with Crippen molar-refractivity contribution >= 4 is 17.8 Å². The van der Waals surface area contributed by atoms with Gasteiger partial charge in [0.15, 0.2) is 6.10 Å². The average molecular weight is 411 g/mol. The van der Waals surface area contributed by atoms with Crippen molar-refractivity contribution < 1.29 is 19.1 Å². The molecule has 6 heteroatoms. The number of esters is 1. The molecule has 0 saturated carbocycles. The smallest absolute Gasteiger partial charge is 0.308 e. The van der Waals surface area contributed by atoms with Crippen LogP contribution in [0.4, 0.5) is 0 Å². The molecule has 2 rings (SSSR count). The van der Waals surface area contributed by atoms with Gasteiger partial charge in [-0.1, -0.05) is 74.0 Å². The van der Waals surface area contributed by atoms with E-state index in [1.165, 1.54) is 0 Å². The van der Waals surface area contributed by atoms with Crippen LogP contribution in [0.15, 0.2) is 60.7 Å². The largest absolute Gasteiger partial charge is 0.452 e. The molecule has 2 aromatic carbocycles. The molecule has 0 aliphatic rings. The lowest BCUT2D eigenvalue weighted by molar-refractivity contribution is -0.155. The Morgan fingerprint density at radius 3 is 2.23 bits per heavy atom. The Kier molecular flexibility index (Phi) is 9.58. The number of rotatable bonds is 11. The Labute approximate surface area is 178 Å². The second kappa shape index (κ2) is 12.4. The zero-order valence-electron chi connectivity index (χ0n) is 17.6. The molecule has 0 heterocycles. The molecule has 0 aliphatic carbocycles. The average Bonchev–Trinajstić information content (AvgIpc) is 2.74. The fraction of sp³-hybridized carbons (Fsp3) is 0.375. The molecule has 2 aromatic rings. The lowest BCUT2D eigenvalue weighted by atomic mass is 10.0. The van der Waals surface area contributed by atoms with E-state index in [-0.39, 0.29) is 37.2 Å². The quantitative estimate of drug-likeness (QED) is 0.557. The van der Waals surface area contributed by atoms with Crippen LogP contribution in [0.1, 0.15) is 50.3 Å². The van der Waals surface area contributed by atoms with Crippen molar-refractivity contribution in [3.63, 3.8) is 0 Å². The summed E-state index contributed by atoms with van der Waals surface area (Å²) in [5, 5.41) is 5.65. The van der Waals surface area contributed by atoms with Gasteiger partial charge in [0.2, 0.25) is 5.91 Å². The van der Waals surface area contributed by atoms with Gasteiger partial charge in [-0.3, -0.25) is 14.4 Å². The Morgan fingerprint density at radius 1 is 0.967 bits per heavy atom. The second-order valence-electron chi connectivity index (χ2n) is 7.15. The van der Waals surface area contributed by atoms with Gasteiger partial charge >= 0.3 is 5.97 Å². The number of hydrogen-bond donors (Lipinski definition) is 2. The van der Waals surface area contributed by atoms with E-state index in [0.717, 1.165) is 24.0 Å². The highest BCUT2D eigenvalue weighted by Crippen LogP contribution is 2.18. The van der Waals surface area contributed by atoms with Gasteiger partial charge in [0.1, 0.15) is 0 Å². The van der Waals surface area contributed by atoms with E-state index in [9.17, 15) is 14.4 Å². The van der Waals surface area contributed by atoms with E-state index in [4.69, 9.17) is 4.74 Å². The predicted octanol–water partition coefficient (Wildman–Crippen LogP) is 3.32. The summed E-state index contributed by atoms with van der Waals surface area (Å²) in [5.74, 6) is -1.02. The highest BCUT2D eigenvalue weighted by atomic mass is 16.5. The van der Waals surface area contributed by atoms with Gasteiger partial charge in [0.25, 0.3) is 5.91 Å². The standard InChI is InChI=1S/C24H30N2O4/c1-3-10-21(20-13-8-5-9-14-20)26-24(29)18(2)30-23(28)15-16-25-22(27)17-19-11-6-4-7-12-19/h4-9,11-14,18,21H,3,10,15-17H2,1-2H3,(H,25,27)(H,26,29). The zero-order valence-corrected chi connectivity index (χ0v) is 17.6. The first-order chi connectivity index (χ1) is 14.5. The Morgan fingerprint density at radius 2 is 1.60 bits per heavy atom. The van der Waals surface area contributed by atoms with Crippen molar-refractivity contribution in [2.75, 3.05) is 6.54 Å². The third-order valence-corrected chi connectivity index (χ3v) is 4.63. The molecule has 2 atom stereocenters. The molecule has 6 nitrogen and oxygen atoms in total. The minimum absolute atomic E-state index is 0.00915. The van der Waals surface area contributed by atoms with Crippen LogP contribution < -0.4 is 10.6 Å². The van der Waals surface area contributed by atoms with Crippen LogP contribution >= 0.6 is 0 Å². The fourth-order valence-electron chi connectivity index (χ4n) is 3.04. The Bertz CT molecular complexity index is 808. The van der Waals surface area contributed by atoms with Crippen LogP contribution in [0.2, 0.25) is 0 Å². The van der Waals surface area contributed by atoms with Crippen LogP contribution in [0.25, 0.3) is 0 Å². The molecule has 0 aromatic heterocycles. The van der Waals surface area contributed by atoms with Gasteiger partial charge in [-0.15, -0.1) is 0 Å². The maximum absolute atomic E-state index is 12.5. The number of nitrogens with one attached hydrogen (secondary N) is 2. The molecule has 0 saturated heterocycles. The molecule has 0 radical (unpaired) electrons. The van der Waals surface area contributed by atoms with Crippen molar-refractivity contribution in [1.82, 2.24) is 10.6 Å². The fourth-order valence-corrected chi connectivity index (χ4v) is 3.04. The Hall–Kier alpha value is -3.15. The van der Waals surface area contributed by atoms with Gasteiger partial charge in [-0.05, 0) is 24.5 Å². The summed E-state index contributed by atoms with van der Waals surface area (Å²) in [7, 11) is 0. The third-order valence-electron chi connectivity index (χ3n) is 4.63. The number of amides is 2. The summed E-state index contributed by atoms with van der Waals surface area (Å²) in [6.07, 6.45) is 1.07. The van der Waals surface area contributed by atoms with Crippen LogP contribution in [0.5, 0.6) is 0 Å². The lowest BCUT2D eigenvalue weighted by Crippen LogP contribution is -2.38. The van der Waals surface area contributed by atoms with Crippen LogP contribution in [0, 0.1) is 0 Å². The van der Waals surface area contributed by atoms with Crippen molar-refractivity contribution in [1.29, 1.82) is 0 Å². The highest BCUT2D eigenvalue weighted by molar-refractivity contribution is 5.84. The van der Waals surface area contributed by atoms with Crippen LogP contribution in [-0.2, 0) is 25.5 Å². The summed E-state index contributed by atoms with van der Waals surface area (Å²) < 4.78 is 5.22. The van der Waals surface area contributed by atoms with Gasteiger partial charge in [0, 0.05) is 6.54 Å². The summed E-state index contributed by atoms with van der Waals surface area (Å²) >= 11 is 0. The summed E-state index contributed by atoms with van der Waals surface area (Å²) in [4.78, 5) is 36.4. The molecule has 0 aliphatic heterocycles. The predicted molar refractivity (Wildman–Crippen MR) is 116 cm³/mol. The normalized spacial score (nSPS) is 12.5. The monoisotopic (exact) mass is 410 g/mol. The summed E-state index contributed by atoms with van der Waals surface area (Å²) in [6.45, 7) is 3.77. The molecule has 160 valence electrons. The SMILES string of the molecule is CCCC(NC(=O)C(C)OC(=O)CCNC(=O)Cc1ccccc1)c1ccccc1. The first-order valence-corrected chi connectivity index (χ1v) is 10.3. The molecule has 2 unspecified atom stereocenters. The number of carbonyl (C=O) groups excluding carboxylic acids is 3. The number of benzene rings is 2. The van der Waals surface area contributed by atoms with E-state index in [1.54, 1.807) is 6.92 Å². The molecule has 0 bridgehead atoms. The lowest BCUT2D eigenvalue weighted by Gasteiger charge is -2.21. The third kappa shape index (κ3) is 8.07. The number of hydrogen-bond acceptors (Lipinski definition) is 4. The van der Waals surface area contributed by atoms with E-state index in [1.807, 2.05) is 60.7 Å². The second-order valence-corrected chi connectivity index (χ2v) is 7.15. The summed E-state index contributed by atoms with van der Waals surface area (Å²) in [5.41, 5.74) is 1.93. The molecule has 0 fully saturated rings. The van der Waals surface area contributed by atoms with Crippen LogP contribution in [0.3, 0.4) is 0 Å². The minimum Gasteiger partial charge on any atom is -0.452 e. The number of carbonyl (C=O) groups is 3. The molecule has 30 heavy (non-hydrogen) atoms. The van der Waals surface area contributed by atoms with Gasteiger partial charge in [0.05, 0.1) is 18.9 Å². The molecular formula is C24H30N2O4. The molecule has 0 spiro atoms. The van der Waals surface area contributed by atoms with E-state index >= 15 is 0 Å². The Balaban J connectivity index is 1.73. The van der Waals surface area contributed by atoms with Crippen molar-refractivity contribution in [2.24, 2.45) is 0 Å². The first kappa shape index (κ1) is 23.1. The van der Waals surface area contributed by atoms with Crippen LogP contribution in [-0.4, -0.2) is 30.4 Å². The van der Waals surface area contributed by atoms with Gasteiger partial charge < -0.3 is 15.4 Å². The van der Waals surface area contributed by atoms with E-state index < -0.39 is 12.1 Å². The van der Waals surface area contributed by atoms with Crippen molar-refractivity contribution in [2.45, 2.75) is 51.7 Å². The van der Waals surface area contributed by atoms with E-state index in [2.05, 4.69) is 17.6 Å². The van der Waals surface area contributed by atoms with Crippen molar-refractivity contribution in [3.05, 3.63) is 71.8 Å². The number of ether oxygens (including phenoxy) is 1. The first-order valence-electron chi connectivity index (χ1n) is 10.3. The summed E-state index contributed by atoms with van der Waals surface area (Å²) in [6, 6.07) is 19.0. The maximum atomic E-state index is 12.5. The van der Waals surface area contributed by atoms with Gasteiger partial charge in [-0.25, -0.2) is 0 Å². The molecule has 2 N–H and O–H groups in total. The van der Waals surface area contributed by atoms with Crippen molar-refractivity contribution in [3.8, 4) is 0 Å². The molecular weight excluding hydrogens is 380 g/mol. The zero-order chi connectivity index (χ0) is 21.8.